The van der Waals surface area contributed by atoms with Crippen LogP contribution >= 0.6 is 0 Å². The summed E-state index contributed by atoms with van der Waals surface area (Å²) in [5.41, 5.74) is 1.33. The van der Waals surface area contributed by atoms with Gasteiger partial charge in [0.05, 0.1) is 11.1 Å². The molecule has 7 heteroatoms. The Morgan fingerprint density at radius 1 is 1.08 bits per heavy atom. The molecule has 0 aliphatic carbocycles. The van der Waals surface area contributed by atoms with Crippen molar-refractivity contribution in [2.24, 2.45) is 0 Å². The van der Waals surface area contributed by atoms with Crippen molar-refractivity contribution in [2.75, 3.05) is 12.4 Å². The standard InChI is InChI=1S/C17H19N3O4/c1-9(2)18-10-4-5-11-12(8-10)16(23)20(15(11)22)13-6-7-14(21)19(3)17(13)24/h4-5,8-9,13,18H,6-7H2,1-3H3. The van der Waals surface area contributed by atoms with E-state index in [1.54, 1.807) is 18.2 Å². The maximum atomic E-state index is 12.7. The van der Waals surface area contributed by atoms with Gasteiger partial charge in [-0.15, -0.1) is 0 Å². The van der Waals surface area contributed by atoms with E-state index in [1.807, 2.05) is 13.8 Å². The number of nitrogens with one attached hydrogen (secondary N) is 1. The summed E-state index contributed by atoms with van der Waals surface area (Å²) >= 11 is 0. The maximum absolute atomic E-state index is 12.7. The number of likely N-dealkylation sites (N-methyl/N-ethyl adjacent to an activating group) is 1. The highest BCUT2D eigenvalue weighted by Crippen LogP contribution is 2.30. The van der Waals surface area contributed by atoms with Gasteiger partial charge in [0.1, 0.15) is 6.04 Å². The first-order chi connectivity index (χ1) is 11.3. The third-order valence-corrected chi connectivity index (χ3v) is 4.31. The fourth-order valence-electron chi connectivity index (χ4n) is 3.10. The monoisotopic (exact) mass is 329 g/mol. The van der Waals surface area contributed by atoms with Crippen molar-refractivity contribution >= 4 is 29.3 Å². The first-order valence-corrected chi connectivity index (χ1v) is 7.90. The molecular formula is C17H19N3O4. The van der Waals surface area contributed by atoms with Gasteiger partial charge in [-0.3, -0.25) is 29.0 Å². The predicted octanol–water partition coefficient (Wildman–Crippen LogP) is 1.25. The summed E-state index contributed by atoms with van der Waals surface area (Å²) in [6, 6.07) is 4.25. The van der Waals surface area contributed by atoms with Gasteiger partial charge < -0.3 is 5.32 Å². The number of rotatable bonds is 3. The zero-order chi connectivity index (χ0) is 17.6. The lowest BCUT2D eigenvalue weighted by molar-refractivity contribution is -0.149. The van der Waals surface area contributed by atoms with Crippen molar-refractivity contribution in [1.82, 2.24) is 9.80 Å². The van der Waals surface area contributed by atoms with Crippen LogP contribution in [0.2, 0.25) is 0 Å². The van der Waals surface area contributed by atoms with Crippen LogP contribution < -0.4 is 5.32 Å². The van der Waals surface area contributed by atoms with E-state index >= 15 is 0 Å². The number of amides is 4. The second-order valence-corrected chi connectivity index (χ2v) is 6.39. The van der Waals surface area contributed by atoms with Crippen LogP contribution in [-0.2, 0) is 9.59 Å². The zero-order valence-corrected chi connectivity index (χ0v) is 13.8. The molecule has 0 spiro atoms. The molecule has 1 fully saturated rings. The number of carbonyl (C=O) groups is 4. The van der Waals surface area contributed by atoms with Gasteiger partial charge in [0.15, 0.2) is 0 Å². The van der Waals surface area contributed by atoms with Crippen molar-refractivity contribution in [3.05, 3.63) is 29.3 Å². The first-order valence-electron chi connectivity index (χ1n) is 7.90. The van der Waals surface area contributed by atoms with E-state index in [2.05, 4.69) is 5.32 Å². The molecule has 2 heterocycles. The van der Waals surface area contributed by atoms with Gasteiger partial charge in [-0.1, -0.05) is 0 Å². The fraction of sp³-hybridized carbons (Fsp3) is 0.412. The van der Waals surface area contributed by atoms with E-state index in [-0.39, 0.29) is 30.4 Å². The summed E-state index contributed by atoms with van der Waals surface area (Å²) in [7, 11) is 1.37. The Balaban J connectivity index is 1.92. The Hall–Kier alpha value is -2.70. The summed E-state index contributed by atoms with van der Waals surface area (Å²) < 4.78 is 0. The lowest BCUT2D eigenvalue weighted by atomic mass is 10.0. The lowest BCUT2D eigenvalue weighted by Gasteiger charge is -2.32. The minimum Gasteiger partial charge on any atom is -0.383 e. The number of anilines is 1. The van der Waals surface area contributed by atoms with Crippen molar-refractivity contribution in [3.63, 3.8) is 0 Å². The second kappa shape index (κ2) is 5.74. The molecule has 0 saturated carbocycles. The number of benzene rings is 1. The second-order valence-electron chi connectivity index (χ2n) is 6.39. The van der Waals surface area contributed by atoms with Crippen molar-refractivity contribution in [1.29, 1.82) is 0 Å². The van der Waals surface area contributed by atoms with Crippen LogP contribution in [0.3, 0.4) is 0 Å². The molecule has 1 N–H and O–H groups in total. The molecule has 4 amide bonds. The Labute approximate surface area is 139 Å². The molecule has 1 aromatic carbocycles. The summed E-state index contributed by atoms with van der Waals surface area (Å²) in [5, 5.41) is 3.18. The zero-order valence-electron chi connectivity index (χ0n) is 13.8. The van der Waals surface area contributed by atoms with E-state index in [4.69, 9.17) is 0 Å². The molecule has 0 aromatic heterocycles. The van der Waals surface area contributed by atoms with Crippen molar-refractivity contribution in [3.8, 4) is 0 Å². The van der Waals surface area contributed by atoms with Crippen LogP contribution in [0.4, 0.5) is 5.69 Å². The molecule has 1 atom stereocenters. The Bertz CT molecular complexity index is 756. The summed E-state index contributed by atoms with van der Waals surface area (Å²) in [6.45, 7) is 3.94. The average molecular weight is 329 g/mol. The smallest absolute Gasteiger partial charge is 0.262 e. The Kier molecular flexibility index (Phi) is 3.87. The molecule has 7 nitrogen and oxygen atoms in total. The molecule has 3 rings (SSSR count). The molecule has 2 aliphatic rings. The number of piperidine rings is 1. The van der Waals surface area contributed by atoms with Crippen molar-refractivity contribution < 1.29 is 19.2 Å². The predicted molar refractivity (Wildman–Crippen MR) is 86.5 cm³/mol. The fourth-order valence-corrected chi connectivity index (χ4v) is 3.10. The van der Waals surface area contributed by atoms with Crippen LogP contribution in [-0.4, -0.2) is 52.6 Å². The van der Waals surface area contributed by atoms with Crippen LogP contribution in [0, 0.1) is 0 Å². The number of nitrogens with zero attached hydrogens (tertiary/aromatic N) is 2. The largest absolute Gasteiger partial charge is 0.383 e. The number of fused-ring (bicyclic) bond motifs is 1. The minimum atomic E-state index is -0.915. The van der Waals surface area contributed by atoms with Gasteiger partial charge in [-0.25, -0.2) is 0 Å². The molecule has 0 radical (unpaired) electrons. The molecule has 126 valence electrons. The Morgan fingerprint density at radius 2 is 1.75 bits per heavy atom. The normalized spacial score (nSPS) is 20.9. The first kappa shape index (κ1) is 16.2. The maximum Gasteiger partial charge on any atom is 0.262 e. The topological polar surface area (TPSA) is 86.8 Å². The van der Waals surface area contributed by atoms with E-state index in [9.17, 15) is 19.2 Å². The Morgan fingerprint density at radius 3 is 2.42 bits per heavy atom. The number of imide groups is 2. The van der Waals surface area contributed by atoms with E-state index in [0.29, 0.717) is 5.56 Å². The van der Waals surface area contributed by atoms with E-state index in [0.717, 1.165) is 15.5 Å². The van der Waals surface area contributed by atoms with E-state index < -0.39 is 23.8 Å². The summed E-state index contributed by atoms with van der Waals surface area (Å²) in [4.78, 5) is 51.2. The van der Waals surface area contributed by atoms with Crippen LogP contribution in [0.15, 0.2) is 18.2 Å². The molecule has 0 bridgehead atoms. The molecule has 2 aliphatic heterocycles. The van der Waals surface area contributed by atoms with Gasteiger partial charge in [0.2, 0.25) is 5.91 Å². The van der Waals surface area contributed by atoms with Gasteiger partial charge in [0.25, 0.3) is 17.7 Å². The lowest BCUT2D eigenvalue weighted by Crippen LogP contribution is -2.54. The number of likely N-dealkylation sites (tertiary alicyclic amines) is 1. The SMILES string of the molecule is CC(C)Nc1ccc2c(c1)C(=O)N(C1CCC(=O)N(C)C1=O)C2=O. The highest BCUT2D eigenvalue weighted by molar-refractivity contribution is 6.23. The molecule has 1 unspecified atom stereocenters. The van der Waals surface area contributed by atoms with Gasteiger partial charge in [-0.05, 0) is 38.5 Å². The van der Waals surface area contributed by atoms with Crippen LogP contribution in [0.5, 0.6) is 0 Å². The summed E-state index contributed by atoms with van der Waals surface area (Å²) in [5.74, 6) is -1.77. The number of hydrogen-bond donors (Lipinski definition) is 1. The van der Waals surface area contributed by atoms with Crippen LogP contribution in [0.25, 0.3) is 0 Å². The highest BCUT2D eigenvalue weighted by Gasteiger charge is 2.46. The van der Waals surface area contributed by atoms with Crippen LogP contribution in [0.1, 0.15) is 47.4 Å². The summed E-state index contributed by atoms with van der Waals surface area (Å²) in [6.07, 6.45) is 0.311. The molecular weight excluding hydrogens is 310 g/mol. The molecule has 24 heavy (non-hydrogen) atoms. The van der Waals surface area contributed by atoms with E-state index in [1.165, 1.54) is 7.05 Å². The van der Waals surface area contributed by atoms with Gasteiger partial charge in [-0.2, -0.15) is 0 Å². The number of hydrogen-bond acceptors (Lipinski definition) is 5. The quantitative estimate of drug-likeness (QED) is 0.844. The molecule has 1 aromatic rings. The third-order valence-electron chi connectivity index (χ3n) is 4.31. The van der Waals surface area contributed by atoms with Gasteiger partial charge in [0, 0.05) is 25.2 Å². The average Bonchev–Trinajstić information content (AvgIpc) is 2.77. The minimum absolute atomic E-state index is 0.139. The van der Waals surface area contributed by atoms with Gasteiger partial charge >= 0.3 is 0 Å². The molecule has 1 saturated heterocycles. The number of carbonyl (C=O) groups excluding carboxylic acids is 4. The third kappa shape index (κ3) is 2.46. The van der Waals surface area contributed by atoms with Crippen molar-refractivity contribution in [2.45, 2.75) is 38.8 Å². The highest BCUT2D eigenvalue weighted by atomic mass is 16.2.